The van der Waals surface area contributed by atoms with Crippen molar-refractivity contribution in [2.75, 3.05) is 0 Å². The minimum atomic E-state index is 0.510. The smallest absolute Gasteiger partial charge is 0.0297 e. The summed E-state index contributed by atoms with van der Waals surface area (Å²) in [7, 11) is 0. The van der Waals surface area contributed by atoms with Gasteiger partial charge >= 0.3 is 0 Å². The first-order chi connectivity index (χ1) is 9.68. The van der Waals surface area contributed by atoms with Crippen LogP contribution in [-0.2, 0) is 0 Å². The molecule has 0 aliphatic rings. The molecular formula is C20H41. The summed E-state index contributed by atoms with van der Waals surface area (Å²) in [5, 5.41) is 0. The van der Waals surface area contributed by atoms with Gasteiger partial charge in [-0.3, -0.25) is 0 Å². The van der Waals surface area contributed by atoms with Gasteiger partial charge in [0.2, 0.25) is 0 Å². The lowest BCUT2D eigenvalue weighted by Gasteiger charge is -2.28. The zero-order chi connectivity index (χ0) is 15.1. The van der Waals surface area contributed by atoms with Crippen LogP contribution in [0.5, 0.6) is 0 Å². The summed E-state index contributed by atoms with van der Waals surface area (Å²) in [4.78, 5) is 0. The van der Waals surface area contributed by atoms with Crippen LogP contribution in [0.3, 0.4) is 0 Å². The first-order valence-corrected chi connectivity index (χ1v) is 9.49. The van der Waals surface area contributed by atoms with E-state index in [1.807, 2.05) is 0 Å². The third-order valence-electron chi connectivity index (χ3n) is 4.90. The van der Waals surface area contributed by atoms with E-state index in [1.165, 1.54) is 89.9 Å². The quantitative estimate of drug-likeness (QED) is 0.269. The molecule has 20 heavy (non-hydrogen) atoms. The summed E-state index contributed by atoms with van der Waals surface area (Å²) in [5.41, 5.74) is 0.510. The monoisotopic (exact) mass is 281 g/mol. The lowest BCUT2D eigenvalue weighted by atomic mass is 9.77. The Labute approximate surface area is 130 Å². The average Bonchev–Trinajstić information content (AvgIpc) is 2.46. The van der Waals surface area contributed by atoms with Gasteiger partial charge in [-0.05, 0) is 24.7 Å². The molecule has 0 bridgehead atoms. The van der Waals surface area contributed by atoms with Crippen molar-refractivity contribution in [3.05, 3.63) is 6.42 Å². The Balaban J connectivity index is 3.56. The third-order valence-corrected chi connectivity index (χ3v) is 4.90. The predicted molar refractivity (Wildman–Crippen MR) is 94.1 cm³/mol. The van der Waals surface area contributed by atoms with Gasteiger partial charge < -0.3 is 0 Å². The molecule has 0 heteroatoms. The van der Waals surface area contributed by atoms with E-state index in [0.29, 0.717) is 5.41 Å². The van der Waals surface area contributed by atoms with Gasteiger partial charge in [0.1, 0.15) is 0 Å². The fourth-order valence-electron chi connectivity index (χ4n) is 3.03. The second-order valence-electron chi connectivity index (χ2n) is 6.98. The average molecular weight is 282 g/mol. The molecule has 0 aromatic rings. The van der Waals surface area contributed by atoms with E-state index >= 15 is 0 Å². The number of hydrogen-bond acceptors (Lipinski definition) is 0. The molecule has 0 aromatic carbocycles. The van der Waals surface area contributed by atoms with Gasteiger partial charge in [-0.25, -0.2) is 0 Å². The highest BCUT2D eigenvalue weighted by atomic mass is 14.3. The predicted octanol–water partition coefficient (Wildman–Crippen LogP) is 7.72. The standard InChI is InChI=1S/C20H41/c1-5-8-10-12-13-15-17-19-20(4,7-3)18-16-14-11-9-6-2/h7H,5-6,8-19H2,1-4H3. The van der Waals surface area contributed by atoms with Crippen LogP contribution in [0.25, 0.3) is 0 Å². The van der Waals surface area contributed by atoms with Crippen molar-refractivity contribution in [1.82, 2.24) is 0 Å². The highest BCUT2D eigenvalue weighted by Gasteiger charge is 2.20. The second kappa shape index (κ2) is 14.0. The maximum Gasteiger partial charge on any atom is -0.0297 e. The van der Waals surface area contributed by atoms with Gasteiger partial charge in [0, 0.05) is 0 Å². The maximum atomic E-state index is 2.48. The first-order valence-electron chi connectivity index (χ1n) is 9.49. The Morgan fingerprint density at radius 2 is 0.950 bits per heavy atom. The Kier molecular flexibility index (Phi) is 14.0. The van der Waals surface area contributed by atoms with Crippen LogP contribution in [0.2, 0.25) is 0 Å². The molecule has 0 spiro atoms. The maximum absolute atomic E-state index is 2.48. The molecule has 0 saturated carbocycles. The van der Waals surface area contributed by atoms with Crippen LogP contribution in [0, 0.1) is 11.8 Å². The van der Waals surface area contributed by atoms with Gasteiger partial charge in [0.15, 0.2) is 0 Å². The lowest BCUT2D eigenvalue weighted by molar-refractivity contribution is 0.301. The Bertz CT molecular complexity index is 184. The topological polar surface area (TPSA) is 0 Å². The van der Waals surface area contributed by atoms with Gasteiger partial charge in [0.25, 0.3) is 0 Å². The van der Waals surface area contributed by atoms with E-state index in [2.05, 4.69) is 34.1 Å². The third kappa shape index (κ3) is 11.8. The molecule has 1 atom stereocenters. The van der Waals surface area contributed by atoms with E-state index in [1.54, 1.807) is 0 Å². The zero-order valence-corrected chi connectivity index (χ0v) is 15.0. The fraction of sp³-hybridized carbons (Fsp3) is 0.950. The molecule has 0 rings (SSSR count). The molecular weight excluding hydrogens is 240 g/mol. The Morgan fingerprint density at radius 3 is 1.30 bits per heavy atom. The minimum absolute atomic E-state index is 0.510. The van der Waals surface area contributed by atoms with Crippen molar-refractivity contribution in [2.24, 2.45) is 5.41 Å². The van der Waals surface area contributed by atoms with E-state index < -0.39 is 0 Å². The molecule has 1 radical (unpaired) electrons. The molecule has 0 amide bonds. The molecule has 0 N–H and O–H groups in total. The van der Waals surface area contributed by atoms with Crippen molar-refractivity contribution in [1.29, 1.82) is 0 Å². The van der Waals surface area contributed by atoms with Crippen LogP contribution in [0.4, 0.5) is 0 Å². The lowest BCUT2D eigenvalue weighted by Crippen LogP contribution is -2.15. The van der Waals surface area contributed by atoms with Gasteiger partial charge in [-0.2, -0.15) is 0 Å². The number of hydrogen-bond donors (Lipinski definition) is 0. The van der Waals surface area contributed by atoms with Gasteiger partial charge in [-0.1, -0.05) is 105 Å². The van der Waals surface area contributed by atoms with Crippen molar-refractivity contribution in [3.63, 3.8) is 0 Å². The van der Waals surface area contributed by atoms with Crippen molar-refractivity contribution in [3.8, 4) is 0 Å². The summed E-state index contributed by atoms with van der Waals surface area (Å²) < 4.78 is 0. The van der Waals surface area contributed by atoms with E-state index in [9.17, 15) is 0 Å². The highest BCUT2D eigenvalue weighted by molar-refractivity contribution is 4.85. The largest absolute Gasteiger partial charge is 0.0654 e. The van der Waals surface area contributed by atoms with Crippen molar-refractivity contribution >= 4 is 0 Å². The van der Waals surface area contributed by atoms with Crippen LogP contribution >= 0.6 is 0 Å². The highest BCUT2D eigenvalue weighted by Crippen LogP contribution is 2.33. The van der Waals surface area contributed by atoms with Crippen LogP contribution in [-0.4, -0.2) is 0 Å². The van der Waals surface area contributed by atoms with E-state index in [0.717, 1.165) is 0 Å². The first kappa shape index (κ1) is 20.0. The van der Waals surface area contributed by atoms with Gasteiger partial charge in [-0.15, -0.1) is 0 Å². The van der Waals surface area contributed by atoms with Crippen LogP contribution in [0.1, 0.15) is 118 Å². The molecule has 0 fully saturated rings. The Morgan fingerprint density at radius 1 is 0.600 bits per heavy atom. The Hall–Kier alpha value is 0. The minimum Gasteiger partial charge on any atom is -0.0654 e. The fourth-order valence-corrected chi connectivity index (χ4v) is 3.03. The molecule has 0 saturated heterocycles. The zero-order valence-electron chi connectivity index (χ0n) is 15.0. The SMILES string of the molecule is C[CH]C(C)(CCCCCCC)CCCCCCCCC. The summed E-state index contributed by atoms with van der Waals surface area (Å²) in [6.45, 7) is 9.34. The summed E-state index contributed by atoms with van der Waals surface area (Å²) in [6.07, 6.45) is 22.4. The van der Waals surface area contributed by atoms with E-state index in [4.69, 9.17) is 0 Å². The molecule has 121 valence electrons. The molecule has 0 aliphatic carbocycles. The summed E-state index contributed by atoms with van der Waals surface area (Å²) in [6, 6.07) is 0. The normalized spacial score (nSPS) is 14.4. The molecule has 1 unspecified atom stereocenters. The molecule has 0 nitrogen and oxygen atoms in total. The second-order valence-corrected chi connectivity index (χ2v) is 6.98. The van der Waals surface area contributed by atoms with Gasteiger partial charge in [0.05, 0.1) is 0 Å². The van der Waals surface area contributed by atoms with Crippen LogP contribution in [0.15, 0.2) is 0 Å². The molecule has 0 heterocycles. The number of unbranched alkanes of at least 4 members (excludes halogenated alkanes) is 10. The van der Waals surface area contributed by atoms with Crippen molar-refractivity contribution in [2.45, 2.75) is 118 Å². The number of rotatable bonds is 15. The van der Waals surface area contributed by atoms with Crippen molar-refractivity contribution < 1.29 is 0 Å². The molecule has 0 aliphatic heterocycles. The van der Waals surface area contributed by atoms with Crippen LogP contribution < -0.4 is 0 Å². The van der Waals surface area contributed by atoms with E-state index in [-0.39, 0.29) is 0 Å². The summed E-state index contributed by atoms with van der Waals surface area (Å²) in [5.74, 6) is 0. The summed E-state index contributed by atoms with van der Waals surface area (Å²) >= 11 is 0. The molecule has 0 aromatic heterocycles.